The summed E-state index contributed by atoms with van der Waals surface area (Å²) >= 11 is 0. The first-order valence-electron chi connectivity index (χ1n) is 6.25. The Hall–Kier alpha value is -1.92. The van der Waals surface area contributed by atoms with Gasteiger partial charge in [0.15, 0.2) is 11.6 Å². The first-order valence-corrected chi connectivity index (χ1v) is 6.25. The monoisotopic (exact) mass is 278 g/mol. The maximum absolute atomic E-state index is 14.0. The van der Waals surface area contributed by atoms with Gasteiger partial charge in [-0.1, -0.05) is 12.1 Å². The molecule has 0 bridgehead atoms. The standard InChI is InChI=1S/C14H16F2N4/c1-8(17)13(18)5-9-2-3-10(4-12(9)16)14-19-6-11(15)7-20-14/h2-4,6-8,13H,5,17-18H2,1H3. The summed E-state index contributed by atoms with van der Waals surface area (Å²) in [5.41, 5.74) is 12.5. The van der Waals surface area contributed by atoms with Crippen molar-refractivity contribution in [3.63, 3.8) is 0 Å². The fourth-order valence-corrected chi connectivity index (χ4v) is 1.75. The molecule has 0 saturated heterocycles. The second kappa shape index (κ2) is 6.02. The average molecular weight is 278 g/mol. The van der Waals surface area contributed by atoms with Gasteiger partial charge in [0.05, 0.1) is 12.4 Å². The number of nitrogens with zero attached hydrogens (tertiary/aromatic N) is 2. The summed E-state index contributed by atoms with van der Waals surface area (Å²) in [6.07, 6.45) is 2.44. The van der Waals surface area contributed by atoms with Crippen LogP contribution in [-0.2, 0) is 6.42 Å². The van der Waals surface area contributed by atoms with E-state index in [-0.39, 0.29) is 17.9 Å². The number of hydrogen-bond acceptors (Lipinski definition) is 4. The molecular weight excluding hydrogens is 262 g/mol. The van der Waals surface area contributed by atoms with Gasteiger partial charge in [0.1, 0.15) is 5.82 Å². The van der Waals surface area contributed by atoms with Crippen LogP contribution >= 0.6 is 0 Å². The molecule has 4 nitrogen and oxygen atoms in total. The molecular formula is C14H16F2N4. The van der Waals surface area contributed by atoms with Crippen LogP contribution in [0, 0.1) is 11.6 Å². The molecule has 0 aliphatic heterocycles. The van der Waals surface area contributed by atoms with Gasteiger partial charge in [-0.3, -0.25) is 0 Å². The SMILES string of the molecule is CC(N)C(N)Cc1ccc(-c2ncc(F)cn2)cc1F. The number of hydrogen-bond donors (Lipinski definition) is 2. The van der Waals surface area contributed by atoms with Crippen molar-refractivity contribution >= 4 is 0 Å². The predicted octanol–water partition coefficient (Wildman–Crippen LogP) is 1.64. The van der Waals surface area contributed by atoms with Crippen LogP contribution in [0.2, 0.25) is 0 Å². The number of nitrogens with two attached hydrogens (primary N) is 2. The molecule has 0 radical (unpaired) electrons. The second-order valence-corrected chi connectivity index (χ2v) is 4.76. The third kappa shape index (κ3) is 3.34. The molecule has 0 saturated carbocycles. The van der Waals surface area contributed by atoms with E-state index in [1.165, 1.54) is 6.07 Å². The molecule has 6 heteroatoms. The Kier molecular flexibility index (Phi) is 4.36. The summed E-state index contributed by atoms with van der Waals surface area (Å²) in [7, 11) is 0. The normalized spacial score (nSPS) is 14.1. The lowest BCUT2D eigenvalue weighted by Gasteiger charge is -2.16. The molecule has 4 N–H and O–H groups in total. The Labute approximate surface area is 115 Å². The second-order valence-electron chi connectivity index (χ2n) is 4.76. The van der Waals surface area contributed by atoms with Crippen LogP contribution in [0.1, 0.15) is 12.5 Å². The van der Waals surface area contributed by atoms with Crippen LogP contribution in [0.3, 0.4) is 0 Å². The Bertz CT molecular complexity index is 584. The summed E-state index contributed by atoms with van der Waals surface area (Å²) < 4.78 is 26.8. The van der Waals surface area contributed by atoms with Gasteiger partial charge in [0.2, 0.25) is 0 Å². The van der Waals surface area contributed by atoms with Gasteiger partial charge < -0.3 is 11.5 Å². The molecule has 20 heavy (non-hydrogen) atoms. The highest BCUT2D eigenvalue weighted by atomic mass is 19.1. The highest BCUT2D eigenvalue weighted by Gasteiger charge is 2.13. The van der Waals surface area contributed by atoms with Crippen molar-refractivity contribution in [1.29, 1.82) is 0 Å². The number of rotatable bonds is 4. The van der Waals surface area contributed by atoms with E-state index in [1.807, 2.05) is 0 Å². The molecule has 106 valence electrons. The van der Waals surface area contributed by atoms with E-state index in [4.69, 9.17) is 11.5 Å². The van der Waals surface area contributed by atoms with Gasteiger partial charge in [-0.15, -0.1) is 0 Å². The first-order chi connectivity index (χ1) is 9.47. The van der Waals surface area contributed by atoms with Gasteiger partial charge in [-0.05, 0) is 25.0 Å². The van der Waals surface area contributed by atoms with Crippen molar-refractivity contribution in [2.75, 3.05) is 0 Å². The van der Waals surface area contributed by atoms with Crippen molar-refractivity contribution in [2.24, 2.45) is 11.5 Å². The Morgan fingerprint density at radius 1 is 1.15 bits per heavy atom. The lowest BCUT2D eigenvalue weighted by atomic mass is 10.00. The number of halogens is 2. The predicted molar refractivity (Wildman–Crippen MR) is 72.7 cm³/mol. The fourth-order valence-electron chi connectivity index (χ4n) is 1.75. The molecule has 2 atom stereocenters. The van der Waals surface area contributed by atoms with E-state index in [9.17, 15) is 8.78 Å². The van der Waals surface area contributed by atoms with Gasteiger partial charge in [0, 0.05) is 17.6 Å². The lowest BCUT2D eigenvalue weighted by molar-refractivity contribution is 0.535. The molecule has 0 amide bonds. The summed E-state index contributed by atoms with van der Waals surface area (Å²) in [6, 6.07) is 4.10. The molecule has 2 unspecified atom stereocenters. The van der Waals surface area contributed by atoms with E-state index in [2.05, 4.69) is 9.97 Å². The third-order valence-corrected chi connectivity index (χ3v) is 3.06. The minimum absolute atomic E-state index is 0.213. The topological polar surface area (TPSA) is 77.8 Å². The van der Waals surface area contributed by atoms with E-state index in [0.717, 1.165) is 12.4 Å². The highest BCUT2D eigenvalue weighted by molar-refractivity contribution is 5.55. The molecule has 2 rings (SSSR count). The van der Waals surface area contributed by atoms with Gasteiger partial charge in [-0.25, -0.2) is 18.7 Å². The summed E-state index contributed by atoms with van der Waals surface area (Å²) in [6.45, 7) is 1.78. The average Bonchev–Trinajstić information content (AvgIpc) is 2.41. The molecule has 1 heterocycles. The van der Waals surface area contributed by atoms with Crippen LogP contribution in [0.15, 0.2) is 30.6 Å². The molecule has 0 aliphatic carbocycles. The molecule has 0 aliphatic rings. The molecule has 0 spiro atoms. The van der Waals surface area contributed by atoms with Crippen molar-refractivity contribution in [2.45, 2.75) is 25.4 Å². The third-order valence-electron chi connectivity index (χ3n) is 3.06. The van der Waals surface area contributed by atoms with Crippen molar-refractivity contribution < 1.29 is 8.78 Å². The minimum atomic E-state index is -0.534. The molecule has 0 fully saturated rings. The summed E-state index contributed by atoms with van der Waals surface area (Å²) in [5, 5.41) is 0. The largest absolute Gasteiger partial charge is 0.327 e. The maximum atomic E-state index is 14.0. The lowest BCUT2D eigenvalue weighted by Crippen LogP contribution is -2.40. The van der Waals surface area contributed by atoms with Crippen LogP contribution in [0.25, 0.3) is 11.4 Å². The molecule has 1 aromatic heterocycles. The quantitative estimate of drug-likeness (QED) is 0.891. The Balaban J connectivity index is 2.23. The molecule has 1 aromatic carbocycles. The van der Waals surface area contributed by atoms with Crippen LogP contribution in [0.4, 0.5) is 8.78 Å². The van der Waals surface area contributed by atoms with E-state index >= 15 is 0 Å². The zero-order valence-electron chi connectivity index (χ0n) is 11.1. The maximum Gasteiger partial charge on any atom is 0.159 e. The molecule has 2 aromatic rings. The van der Waals surface area contributed by atoms with Crippen LogP contribution < -0.4 is 11.5 Å². The van der Waals surface area contributed by atoms with Gasteiger partial charge in [-0.2, -0.15) is 0 Å². The summed E-state index contributed by atoms with van der Waals surface area (Å²) in [5.74, 6) is -0.659. The first kappa shape index (κ1) is 14.5. The number of aromatic nitrogens is 2. The Morgan fingerprint density at radius 3 is 2.35 bits per heavy atom. The van der Waals surface area contributed by atoms with Gasteiger partial charge >= 0.3 is 0 Å². The smallest absolute Gasteiger partial charge is 0.159 e. The van der Waals surface area contributed by atoms with E-state index in [1.54, 1.807) is 19.1 Å². The van der Waals surface area contributed by atoms with E-state index in [0.29, 0.717) is 17.5 Å². The van der Waals surface area contributed by atoms with Crippen LogP contribution in [-0.4, -0.2) is 22.1 Å². The zero-order valence-corrected chi connectivity index (χ0v) is 11.1. The zero-order chi connectivity index (χ0) is 14.7. The van der Waals surface area contributed by atoms with Crippen molar-refractivity contribution in [3.05, 3.63) is 47.8 Å². The highest BCUT2D eigenvalue weighted by Crippen LogP contribution is 2.19. The fraction of sp³-hybridized carbons (Fsp3) is 0.286. The van der Waals surface area contributed by atoms with Crippen molar-refractivity contribution in [1.82, 2.24) is 9.97 Å². The van der Waals surface area contributed by atoms with E-state index < -0.39 is 11.6 Å². The van der Waals surface area contributed by atoms with Crippen molar-refractivity contribution in [3.8, 4) is 11.4 Å². The minimum Gasteiger partial charge on any atom is -0.327 e. The van der Waals surface area contributed by atoms with Gasteiger partial charge in [0.25, 0.3) is 0 Å². The summed E-state index contributed by atoms with van der Waals surface area (Å²) in [4.78, 5) is 7.62. The number of benzene rings is 1. The Morgan fingerprint density at radius 2 is 1.80 bits per heavy atom. The van der Waals surface area contributed by atoms with Crippen LogP contribution in [0.5, 0.6) is 0 Å².